The van der Waals surface area contributed by atoms with Crippen LogP contribution in [0, 0.1) is 6.92 Å². The van der Waals surface area contributed by atoms with Crippen molar-refractivity contribution in [1.29, 1.82) is 0 Å². The summed E-state index contributed by atoms with van der Waals surface area (Å²) in [5, 5.41) is 13.3. The van der Waals surface area contributed by atoms with Crippen molar-refractivity contribution in [2.45, 2.75) is 18.7 Å². The quantitative estimate of drug-likeness (QED) is 0.260. The van der Waals surface area contributed by atoms with Gasteiger partial charge in [0.25, 0.3) is 0 Å². The van der Waals surface area contributed by atoms with Gasteiger partial charge in [-0.2, -0.15) is 0 Å². The Hall–Kier alpha value is -3.20. The molecule has 0 saturated heterocycles. The maximum Gasteiger partial charge on any atom is 0.234 e. The van der Waals surface area contributed by atoms with Gasteiger partial charge < -0.3 is 14.8 Å². The number of thioether (sulfide) groups is 1. The number of nitrogens with zero attached hydrogens (tertiary/aromatic N) is 3. The van der Waals surface area contributed by atoms with E-state index >= 15 is 0 Å². The van der Waals surface area contributed by atoms with E-state index in [4.69, 9.17) is 32.7 Å². The molecular formula is C25H22Cl2N4O3S. The normalized spacial score (nSPS) is 10.7. The van der Waals surface area contributed by atoms with Gasteiger partial charge in [-0.1, -0.05) is 41.0 Å². The molecule has 4 rings (SSSR count). The Morgan fingerprint density at radius 1 is 1.00 bits per heavy atom. The van der Waals surface area contributed by atoms with Gasteiger partial charge in [0.15, 0.2) is 11.0 Å². The molecule has 0 fully saturated rings. The molecule has 0 unspecified atom stereocenters. The van der Waals surface area contributed by atoms with Crippen molar-refractivity contribution in [2.24, 2.45) is 0 Å². The van der Waals surface area contributed by atoms with Crippen molar-refractivity contribution in [1.82, 2.24) is 14.8 Å². The number of methoxy groups -OCH3 is 1. The number of benzene rings is 3. The standard InChI is InChI=1S/C25H22Cl2N4O3S/c1-16-21(27)4-3-5-22(16)28-24(32)15-35-25-30-29-23(14-34-20-10-6-17(26)7-11-20)31(25)18-8-12-19(33-2)13-9-18/h3-13H,14-15H2,1-2H3,(H,28,32). The smallest absolute Gasteiger partial charge is 0.234 e. The molecule has 1 N–H and O–H groups in total. The summed E-state index contributed by atoms with van der Waals surface area (Å²) in [4.78, 5) is 12.6. The Bertz CT molecular complexity index is 1310. The molecule has 0 spiro atoms. The molecule has 0 aliphatic carbocycles. The number of carbonyl (C=O) groups is 1. The molecule has 0 atom stereocenters. The Balaban J connectivity index is 1.52. The van der Waals surface area contributed by atoms with E-state index in [1.165, 1.54) is 11.8 Å². The van der Waals surface area contributed by atoms with Crippen molar-refractivity contribution in [3.05, 3.63) is 88.2 Å². The van der Waals surface area contributed by atoms with Crippen LogP contribution in [-0.4, -0.2) is 33.5 Å². The van der Waals surface area contributed by atoms with E-state index in [0.717, 1.165) is 17.0 Å². The Morgan fingerprint density at radius 2 is 1.71 bits per heavy atom. The highest BCUT2D eigenvalue weighted by Crippen LogP contribution is 2.26. The summed E-state index contributed by atoms with van der Waals surface area (Å²) in [7, 11) is 1.61. The van der Waals surface area contributed by atoms with Gasteiger partial charge in [0.1, 0.15) is 18.1 Å². The lowest BCUT2D eigenvalue weighted by Gasteiger charge is -2.12. The van der Waals surface area contributed by atoms with Gasteiger partial charge in [0, 0.05) is 21.4 Å². The van der Waals surface area contributed by atoms with Gasteiger partial charge in [-0.15, -0.1) is 10.2 Å². The molecule has 0 saturated carbocycles. The topological polar surface area (TPSA) is 78.3 Å². The number of rotatable bonds is 9. The minimum Gasteiger partial charge on any atom is -0.497 e. The molecule has 4 aromatic rings. The number of amides is 1. The van der Waals surface area contributed by atoms with Crippen LogP contribution in [0.2, 0.25) is 10.0 Å². The largest absolute Gasteiger partial charge is 0.497 e. The minimum atomic E-state index is -0.177. The molecule has 3 aromatic carbocycles. The molecule has 10 heteroatoms. The van der Waals surface area contributed by atoms with E-state index in [-0.39, 0.29) is 18.3 Å². The Kier molecular flexibility index (Phi) is 8.17. The van der Waals surface area contributed by atoms with Gasteiger partial charge in [-0.3, -0.25) is 9.36 Å². The zero-order valence-electron chi connectivity index (χ0n) is 19.0. The first kappa shape index (κ1) is 24.9. The number of halogens is 2. The van der Waals surface area contributed by atoms with Crippen molar-refractivity contribution < 1.29 is 14.3 Å². The number of carbonyl (C=O) groups excluding carboxylic acids is 1. The van der Waals surface area contributed by atoms with E-state index < -0.39 is 0 Å². The van der Waals surface area contributed by atoms with Gasteiger partial charge >= 0.3 is 0 Å². The van der Waals surface area contributed by atoms with Crippen LogP contribution in [0.5, 0.6) is 11.5 Å². The van der Waals surface area contributed by atoms with Crippen LogP contribution in [0.3, 0.4) is 0 Å². The minimum absolute atomic E-state index is 0.137. The lowest BCUT2D eigenvalue weighted by molar-refractivity contribution is -0.113. The van der Waals surface area contributed by atoms with Crippen LogP contribution in [0.25, 0.3) is 5.69 Å². The highest BCUT2D eigenvalue weighted by molar-refractivity contribution is 7.99. The molecule has 1 heterocycles. The maximum atomic E-state index is 12.6. The number of anilines is 1. The fraction of sp³-hybridized carbons (Fsp3) is 0.160. The maximum absolute atomic E-state index is 12.6. The molecule has 1 amide bonds. The molecule has 35 heavy (non-hydrogen) atoms. The predicted octanol–water partition coefficient (Wildman–Crippen LogP) is 6.20. The molecule has 0 aliphatic heterocycles. The predicted molar refractivity (Wildman–Crippen MR) is 139 cm³/mol. The van der Waals surface area contributed by atoms with E-state index in [0.29, 0.717) is 32.5 Å². The molecule has 0 bridgehead atoms. The zero-order chi connectivity index (χ0) is 24.8. The Labute approximate surface area is 217 Å². The Morgan fingerprint density at radius 3 is 2.43 bits per heavy atom. The van der Waals surface area contributed by atoms with E-state index in [2.05, 4.69) is 15.5 Å². The molecule has 1 aromatic heterocycles. The van der Waals surface area contributed by atoms with Crippen LogP contribution in [-0.2, 0) is 11.4 Å². The van der Waals surface area contributed by atoms with E-state index in [1.54, 1.807) is 43.5 Å². The second kappa shape index (κ2) is 11.5. The summed E-state index contributed by atoms with van der Waals surface area (Å²) in [6, 6.07) is 20.0. The van der Waals surface area contributed by atoms with Crippen LogP contribution in [0.1, 0.15) is 11.4 Å². The first-order valence-electron chi connectivity index (χ1n) is 10.6. The third-order valence-corrected chi connectivity index (χ3v) is 6.68. The molecule has 7 nitrogen and oxygen atoms in total. The average molecular weight is 529 g/mol. The fourth-order valence-electron chi connectivity index (χ4n) is 3.22. The zero-order valence-corrected chi connectivity index (χ0v) is 21.3. The summed E-state index contributed by atoms with van der Waals surface area (Å²) >= 11 is 13.4. The van der Waals surface area contributed by atoms with Crippen LogP contribution >= 0.6 is 35.0 Å². The van der Waals surface area contributed by atoms with E-state index in [9.17, 15) is 4.79 Å². The summed E-state index contributed by atoms with van der Waals surface area (Å²) in [5.74, 6) is 1.93. The van der Waals surface area contributed by atoms with Crippen molar-refractivity contribution >= 4 is 46.6 Å². The number of hydrogen-bond acceptors (Lipinski definition) is 6. The van der Waals surface area contributed by atoms with Gasteiger partial charge in [-0.05, 0) is 73.2 Å². The van der Waals surface area contributed by atoms with Crippen LogP contribution in [0.4, 0.5) is 5.69 Å². The van der Waals surface area contributed by atoms with Crippen LogP contribution < -0.4 is 14.8 Å². The molecular weight excluding hydrogens is 507 g/mol. The van der Waals surface area contributed by atoms with Gasteiger partial charge in [0.2, 0.25) is 5.91 Å². The molecule has 0 aliphatic rings. The van der Waals surface area contributed by atoms with Gasteiger partial charge in [-0.25, -0.2) is 0 Å². The highest BCUT2D eigenvalue weighted by Gasteiger charge is 2.17. The van der Waals surface area contributed by atoms with E-state index in [1.807, 2.05) is 41.8 Å². The molecule has 0 radical (unpaired) electrons. The first-order chi connectivity index (χ1) is 16.9. The first-order valence-corrected chi connectivity index (χ1v) is 12.3. The fourth-order valence-corrected chi connectivity index (χ4v) is 4.29. The third kappa shape index (κ3) is 6.28. The van der Waals surface area contributed by atoms with Crippen molar-refractivity contribution in [2.75, 3.05) is 18.2 Å². The van der Waals surface area contributed by atoms with Gasteiger partial charge in [0.05, 0.1) is 12.9 Å². The highest BCUT2D eigenvalue weighted by atomic mass is 35.5. The second-order valence-corrected chi connectivity index (χ2v) is 9.21. The number of hydrogen-bond donors (Lipinski definition) is 1. The molecule has 180 valence electrons. The van der Waals surface area contributed by atoms with Crippen molar-refractivity contribution in [3.63, 3.8) is 0 Å². The SMILES string of the molecule is COc1ccc(-n2c(COc3ccc(Cl)cc3)nnc2SCC(=O)Nc2cccc(Cl)c2C)cc1. The summed E-state index contributed by atoms with van der Waals surface area (Å²) in [6.45, 7) is 2.04. The number of aromatic nitrogens is 3. The lowest BCUT2D eigenvalue weighted by Crippen LogP contribution is -2.15. The second-order valence-electron chi connectivity index (χ2n) is 7.42. The lowest BCUT2D eigenvalue weighted by atomic mass is 10.2. The number of ether oxygens (including phenoxy) is 2. The summed E-state index contributed by atoms with van der Waals surface area (Å²) in [6.07, 6.45) is 0. The monoisotopic (exact) mass is 528 g/mol. The average Bonchev–Trinajstić information content (AvgIpc) is 3.28. The third-order valence-electron chi connectivity index (χ3n) is 5.09. The number of nitrogens with one attached hydrogen (secondary N) is 1. The van der Waals surface area contributed by atoms with Crippen molar-refractivity contribution in [3.8, 4) is 17.2 Å². The summed E-state index contributed by atoms with van der Waals surface area (Å²) < 4.78 is 13.0. The van der Waals surface area contributed by atoms with Crippen LogP contribution in [0.15, 0.2) is 71.9 Å². The summed E-state index contributed by atoms with van der Waals surface area (Å²) in [5.41, 5.74) is 2.31.